The van der Waals surface area contributed by atoms with Gasteiger partial charge in [-0.15, -0.1) is 0 Å². The quantitative estimate of drug-likeness (QED) is 0.431. The molecule has 22 heavy (non-hydrogen) atoms. The van der Waals surface area contributed by atoms with Gasteiger partial charge in [-0.3, -0.25) is 9.79 Å². The van der Waals surface area contributed by atoms with Gasteiger partial charge in [0, 0.05) is 38.6 Å². The van der Waals surface area contributed by atoms with Crippen LogP contribution in [0.4, 0.5) is 0 Å². The minimum absolute atomic E-state index is 0.319. The van der Waals surface area contributed by atoms with Crippen LogP contribution in [0.15, 0.2) is 4.99 Å². The zero-order chi connectivity index (χ0) is 16.4. The van der Waals surface area contributed by atoms with Crippen molar-refractivity contribution in [2.45, 2.75) is 65.8 Å². The zero-order valence-corrected chi connectivity index (χ0v) is 14.8. The molecule has 1 heterocycles. The molecule has 0 aliphatic carbocycles. The molecule has 0 saturated carbocycles. The molecule has 1 saturated heterocycles. The second-order valence-electron chi connectivity index (χ2n) is 6.48. The molecule has 1 fully saturated rings. The van der Waals surface area contributed by atoms with Crippen molar-refractivity contribution in [1.29, 1.82) is 0 Å². The Balaban J connectivity index is 2.37. The van der Waals surface area contributed by atoms with E-state index in [9.17, 15) is 4.79 Å². The molecule has 1 rings (SSSR count). The summed E-state index contributed by atoms with van der Waals surface area (Å²) in [6, 6.07) is 0.394. The van der Waals surface area contributed by atoms with E-state index in [2.05, 4.69) is 43.3 Å². The Kier molecular flexibility index (Phi) is 8.94. The molecule has 128 valence electrons. The first-order chi connectivity index (χ1) is 10.5. The zero-order valence-electron chi connectivity index (χ0n) is 14.8. The molecule has 1 amide bonds. The summed E-state index contributed by atoms with van der Waals surface area (Å²) in [6.45, 7) is 12.0. The van der Waals surface area contributed by atoms with Crippen molar-refractivity contribution in [3.8, 4) is 0 Å². The summed E-state index contributed by atoms with van der Waals surface area (Å²) in [5.41, 5.74) is 0. The molecule has 0 bridgehead atoms. The maximum absolute atomic E-state index is 11.9. The molecular weight excluding hydrogens is 276 g/mol. The molecule has 1 aliphatic rings. The summed E-state index contributed by atoms with van der Waals surface area (Å²) >= 11 is 0. The summed E-state index contributed by atoms with van der Waals surface area (Å²) in [4.78, 5) is 18.6. The van der Waals surface area contributed by atoms with E-state index in [1.54, 1.807) is 0 Å². The van der Waals surface area contributed by atoms with Gasteiger partial charge in [0.1, 0.15) is 0 Å². The van der Waals surface area contributed by atoms with Crippen LogP contribution in [0.1, 0.15) is 59.8 Å². The molecule has 1 unspecified atom stereocenters. The maximum Gasteiger partial charge on any atom is 0.222 e. The fourth-order valence-electron chi connectivity index (χ4n) is 2.43. The molecule has 1 atom stereocenters. The lowest BCUT2D eigenvalue weighted by Crippen LogP contribution is -2.44. The third-order valence-electron chi connectivity index (χ3n) is 4.24. The van der Waals surface area contributed by atoms with Crippen LogP contribution >= 0.6 is 0 Å². The van der Waals surface area contributed by atoms with E-state index in [1.165, 1.54) is 6.42 Å². The number of amides is 1. The topological polar surface area (TPSA) is 56.7 Å². The van der Waals surface area contributed by atoms with Gasteiger partial charge in [-0.2, -0.15) is 0 Å². The van der Waals surface area contributed by atoms with Crippen molar-refractivity contribution in [1.82, 2.24) is 15.5 Å². The summed E-state index contributed by atoms with van der Waals surface area (Å²) in [6.07, 6.45) is 5.03. The second-order valence-corrected chi connectivity index (χ2v) is 6.48. The molecule has 0 aromatic heterocycles. The number of aliphatic imine (C=N–C) groups is 1. The average molecular weight is 310 g/mol. The Bertz CT molecular complexity index is 355. The summed E-state index contributed by atoms with van der Waals surface area (Å²) < 4.78 is 0. The number of hydrogen-bond acceptors (Lipinski definition) is 2. The van der Waals surface area contributed by atoms with Gasteiger partial charge < -0.3 is 15.5 Å². The van der Waals surface area contributed by atoms with E-state index < -0.39 is 0 Å². The standard InChI is InChI=1S/C17H34N4O/c1-5-18-17(20-15(4)14(2)3)19-11-9-13-21-12-8-6-7-10-16(21)22/h14-15H,5-13H2,1-4H3,(H2,18,19,20). The highest BCUT2D eigenvalue weighted by Gasteiger charge is 2.15. The van der Waals surface area contributed by atoms with E-state index >= 15 is 0 Å². The van der Waals surface area contributed by atoms with Crippen molar-refractivity contribution in [2.24, 2.45) is 10.9 Å². The Morgan fingerprint density at radius 1 is 1.27 bits per heavy atom. The SMILES string of the molecule is CCNC(=NCCCN1CCCCCC1=O)NC(C)C(C)C. The highest BCUT2D eigenvalue weighted by Crippen LogP contribution is 2.11. The predicted molar refractivity (Wildman–Crippen MR) is 93.1 cm³/mol. The van der Waals surface area contributed by atoms with Crippen molar-refractivity contribution >= 4 is 11.9 Å². The van der Waals surface area contributed by atoms with E-state index in [0.29, 0.717) is 17.9 Å². The number of hydrogen-bond donors (Lipinski definition) is 2. The van der Waals surface area contributed by atoms with Gasteiger partial charge >= 0.3 is 0 Å². The monoisotopic (exact) mass is 310 g/mol. The minimum Gasteiger partial charge on any atom is -0.357 e. The van der Waals surface area contributed by atoms with Gasteiger partial charge in [-0.1, -0.05) is 20.3 Å². The molecule has 5 nitrogen and oxygen atoms in total. The average Bonchev–Trinajstić information content (AvgIpc) is 2.68. The molecule has 0 spiro atoms. The largest absolute Gasteiger partial charge is 0.357 e. The van der Waals surface area contributed by atoms with Crippen LogP contribution < -0.4 is 10.6 Å². The predicted octanol–water partition coefficient (Wildman–Crippen LogP) is 2.38. The van der Waals surface area contributed by atoms with Crippen molar-refractivity contribution < 1.29 is 4.79 Å². The number of nitrogens with zero attached hydrogens (tertiary/aromatic N) is 2. The van der Waals surface area contributed by atoms with Crippen LogP contribution in [-0.2, 0) is 4.79 Å². The van der Waals surface area contributed by atoms with Gasteiger partial charge in [0.2, 0.25) is 5.91 Å². The lowest BCUT2D eigenvalue weighted by atomic mass is 10.1. The summed E-state index contributed by atoms with van der Waals surface area (Å²) in [5, 5.41) is 6.72. The third-order valence-corrected chi connectivity index (χ3v) is 4.24. The number of likely N-dealkylation sites (tertiary alicyclic amines) is 1. The van der Waals surface area contributed by atoms with E-state index in [0.717, 1.165) is 57.8 Å². The van der Waals surface area contributed by atoms with Gasteiger partial charge in [-0.25, -0.2) is 0 Å². The fraction of sp³-hybridized carbons (Fsp3) is 0.882. The van der Waals surface area contributed by atoms with E-state index in [1.807, 2.05) is 4.90 Å². The normalized spacial score (nSPS) is 18.3. The molecule has 1 aliphatic heterocycles. The van der Waals surface area contributed by atoms with Crippen LogP contribution in [-0.4, -0.2) is 49.0 Å². The van der Waals surface area contributed by atoms with Gasteiger partial charge in [-0.05, 0) is 39.0 Å². The number of guanidine groups is 1. The Hall–Kier alpha value is -1.26. The van der Waals surface area contributed by atoms with E-state index in [-0.39, 0.29) is 0 Å². The second kappa shape index (κ2) is 10.5. The minimum atomic E-state index is 0.319. The first kappa shape index (κ1) is 18.8. The summed E-state index contributed by atoms with van der Waals surface area (Å²) in [5.74, 6) is 1.77. The van der Waals surface area contributed by atoms with Crippen molar-refractivity contribution in [3.05, 3.63) is 0 Å². The molecular formula is C17H34N4O. The fourth-order valence-corrected chi connectivity index (χ4v) is 2.43. The molecule has 5 heteroatoms. The Labute approximate surface area is 135 Å². The Morgan fingerprint density at radius 2 is 2.05 bits per heavy atom. The van der Waals surface area contributed by atoms with Crippen LogP contribution in [0.5, 0.6) is 0 Å². The van der Waals surface area contributed by atoms with Crippen LogP contribution in [0, 0.1) is 5.92 Å². The first-order valence-electron chi connectivity index (χ1n) is 8.87. The van der Waals surface area contributed by atoms with Crippen LogP contribution in [0.3, 0.4) is 0 Å². The lowest BCUT2D eigenvalue weighted by Gasteiger charge is -2.21. The molecule has 0 aromatic rings. The van der Waals surface area contributed by atoms with Gasteiger partial charge in [0.05, 0.1) is 0 Å². The van der Waals surface area contributed by atoms with Crippen molar-refractivity contribution in [3.63, 3.8) is 0 Å². The lowest BCUT2D eigenvalue weighted by molar-refractivity contribution is -0.130. The van der Waals surface area contributed by atoms with Gasteiger partial charge in [0.15, 0.2) is 5.96 Å². The maximum atomic E-state index is 11.9. The molecule has 2 N–H and O–H groups in total. The van der Waals surface area contributed by atoms with Crippen LogP contribution in [0.25, 0.3) is 0 Å². The first-order valence-corrected chi connectivity index (χ1v) is 8.87. The number of nitrogens with one attached hydrogen (secondary N) is 2. The third kappa shape index (κ3) is 7.14. The smallest absolute Gasteiger partial charge is 0.222 e. The number of rotatable bonds is 7. The number of carbonyl (C=O) groups excluding carboxylic acids is 1. The van der Waals surface area contributed by atoms with Crippen molar-refractivity contribution in [2.75, 3.05) is 26.2 Å². The van der Waals surface area contributed by atoms with Gasteiger partial charge in [0.25, 0.3) is 0 Å². The highest BCUT2D eigenvalue weighted by atomic mass is 16.2. The summed E-state index contributed by atoms with van der Waals surface area (Å²) in [7, 11) is 0. The van der Waals surface area contributed by atoms with Crippen LogP contribution in [0.2, 0.25) is 0 Å². The van der Waals surface area contributed by atoms with E-state index in [4.69, 9.17) is 0 Å². The Morgan fingerprint density at radius 3 is 2.73 bits per heavy atom. The highest BCUT2D eigenvalue weighted by molar-refractivity contribution is 5.80. The number of carbonyl (C=O) groups is 1. The molecule has 0 radical (unpaired) electrons. The molecule has 0 aromatic carbocycles.